The predicted molar refractivity (Wildman–Crippen MR) is 86.0 cm³/mol. The van der Waals surface area contributed by atoms with Gasteiger partial charge in [0.25, 0.3) is 0 Å². The molecule has 0 aliphatic rings. The maximum absolute atomic E-state index is 13.6. The Morgan fingerprint density at radius 2 is 1.64 bits per heavy atom. The van der Waals surface area contributed by atoms with Gasteiger partial charge in [0.15, 0.2) is 11.6 Å². The molecule has 0 aliphatic carbocycles. The lowest BCUT2D eigenvalue weighted by molar-refractivity contribution is 0.315. The second-order valence-corrected chi connectivity index (χ2v) is 5.37. The Hall–Kier alpha value is -3.42. The smallest absolute Gasteiger partial charge is 0.159 e. The summed E-state index contributed by atoms with van der Waals surface area (Å²) in [5.41, 5.74) is 3.28. The number of aromatic nitrogens is 4. The van der Waals surface area contributed by atoms with E-state index >= 15 is 0 Å². The van der Waals surface area contributed by atoms with Crippen LogP contribution in [-0.4, -0.2) is 20.3 Å². The third-order valence-corrected chi connectivity index (χ3v) is 3.73. The summed E-state index contributed by atoms with van der Waals surface area (Å²) in [5, 5.41) is 7.61. The van der Waals surface area contributed by atoms with Gasteiger partial charge < -0.3 is 4.90 Å². The topological polar surface area (TPSA) is 67.9 Å². The van der Waals surface area contributed by atoms with Crippen LogP contribution < -0.4 is 4.90 Å². The Bertz CT molecular complexity index is 1020. The molecule has 2 aromatic heterocycles. The molecule has 0 aliphatic heterocycles. The van der Waals surface area contributed by atoms with Crippen molar-refractivity contribution in [2.75, 3.05) is 4.90 Å². The monoisotopic (exact) mass is 339 g/mol. The Labute approximate surface area is 140 Å². The summed E-state index contributed by atoms with van der Waals surface area (Å²) in [7, 11) is 0. The van der Waals surface area contributed by atoms with Crippen molar-refractivity contribution >= 4 is 22.4 Å². The Morgan fingerprint density at radius 1 is 0.840 bits per heavy atom. The van der Waals surface area contributed by atoms with Gasteiger partial charge in [-0.05, 0) is 46.2 Å². The normalized spacial score (nSPS) is 11.0. The van der Waals surface area contributed by atoms with Gasteiger partial charge in [0.05, 0.1) is 18.1 Å². The molecule has 0 saturated heterocycles. The van der Waals surface area contributed by atoms with Gasteiger partial charge in [-0.2, -0.15) is 0 Å². The van der Waals surface area contributed by atoms with E-state index in [0.29, 0.717) is 28.8 Å². The van der Waals surface area contributed by atoms with Gasteiger partial charge >= 0.3 is 0 Å². The van der Waals surface area contributed by atoms with Gasteiger partial charge in [-0.1, -0.05) is 6.07 Å². The van der Waals surface area contributed by atoms with Crippen LogP contribution in [0.3, 0.4) is 0 Å². The van der Waals surface area contributed by atoms with Crippen molar-refractivity contribution in [2.45, 2.75) is 6.54 Å². The number of anilines is 2. The van der Waals surface area contributed by atoms with E-state index in [1.807, 2.05) is 11.0 Å². The Kier molecular flexibility index (Phi) is 3.77. The summed E-state index contributed by atoms with van der Waals surface area (Å²) >= 11 is 0. The van der Waals surface area contributed by atoms with Crippen LogP contribution in [-0.2, 0) is 6.54 Å². The minimum atomic E-state index is -0.891. The molecule has 0 unspecified atom stereocenters. The van der Waals surface area contributed by atoms with Gasteiger partial charge in [-0.15, -0.1) is 0 Å². The van der Waals surface area contributed by atoms with Gasteiger partial charge in [0, 0.05) is 12.2 Å². The summed E-state index contributed by atoms with van der Waals surface area (Å²) in [4.78, 5) is 9.91. The highest BCUT2D eigenvalue weighted by Crippen LogP contribution is 2.28. The molecule has 0 atom stereocenters. The number of rotatable bonds is 4. The van der Waals surface area contributed by atoms with Crippen molar-refractivity contribution in [3.05, 3.63) is 72.3 Å². The van der Waals surface area contributed by atoms with Gasteiger partial charge in [-0.3, -0.25) is 0 Å². The van der Waals surface area contributed by atoms with Crippen LogP contribution >= 0.6 is 0 Å². The highest BCUT2D eigenvalue weighted by Gasteiger charge is 2.14. The molecular formula is C17H11F2N5O. The van der Waals surface area contributed by atoms with E-state index in [0.717, 1.165) is 11.8 Å². The van der Waals surface area contributed by atoms with Crippen molar-refractivity contribution in [3.63, 3.8) is 0 Å². The van der Waals surface area contributed by atoms with Crippen molar-refractivity contribution < 1.29 is 13.4 Å². The van der Waals surface area contributed by atoms with E-state index in [1.54, 1.807) is 24.5 Å². The van der Waals surface area contributed by atoms with Crippen LogP contribution in [0.4, 0.5) is 20.2 Å². The van der Waals surface area contributed by atoms with Crippen LogP contribution in [0, 0.1) is 11.6 Å². The first-order valence-electron chi connectivity index (χ1n) is 7.39. The molecule has 0 spiro atoms. The Balaban J connectivity index is 1.77. The molecule has 0 amide bonds. The average Bonchev–Trinajstić information content (AvgIpc) is 3.11. The van der Waals surface area contributed by atoms with E-state index in [4.69, 9.17) is 4.63 Å². The van der Waals surface area contributed by atoms with E-state index in [2.05, 4.69) is 20.3 Å². The van der Waals surface area contributed by atoms with E-state index in [9.17, 15) is 8.78 Å². The van der Waals surface area contributed by atoms with E-state index < -0.39 is 11.6 Å². The molecule has 4 rings (SSSR count). The largest absolute Gasteiger partial charge is 0.334 e. The number of benzene rings is 2. The first-order valence-corrected chi connectivity index (χ1v) is 7.39. The second-order valence-electron chi connectivity index (χ2n) is 5.37. The molecule has 25 heavy (non-hydrogen) atoms. The van der Waals surface area contributed by atoms with Crippen LogP contribution in [0.15, 0.2) is 59.7 Å². The van der Waals surface area contributed by atoms with Crippen LogP contribution in [0.2, 0.25) is 0 Å². The third-order valence-electron chi connectivity index (χ3n) is 3.73. The molecule has 6 nitrogen and oxygen atoms in total. The van der Waals surface area contributed by atoms with E-state index in [1.165, 1.54) is 18.5 Å². The third kappa shape index (κ3) is 3.01. The minimum Gasteiger partial charge on any atom is -0.334 e. The van der Waals surface area contributed by atoms with Crippen LogP contribution in [0.1, 0.15) is 5.56 Å². The first-order chi connectivity index (χ1) is 12.2. The van der Waals surface area contributed by atoms with Crippen molar-refractivity contribution in [3.8, 4) is 0 Å². The summed E-state index contributed by atoms with van der Waals surface area (Å²) in [6.07, 6.45) is 4.69. The molecule has 0 N–H and O–H groups in total. The molecule has 8 heteroatoms. The molecule has 2 heterocycles. The number of hydrogen-bond acceptors (Lipinski definition) is 6. The maximum atomic E-state index is 13.6. The lowest BCUT2D eigenvalue weighted by Gasteiger charge is -2.24. The maximum Gasteiger partial charge on any atom is 0.159 e. The first kappa shape index (κ1) is 15.1. The fraction of sp³-hybridized carbons (Fsp3) is 0.0588. The van der Waals surface area contributed by atoms with Crippen molar-refractivity contribution in [1.29, 1.82) is 0 Å². The highest BCUT2D eigenvalue weighted by atomic mass is 19.2. The lowest BCUT2D eigenvalue weighted by atomic mass is 10.1. The van der Waals surface area contributed by atoms with Crippen LogP contribution in [0.5, 0.6) is 0 Å². The molecule has 2 aromatic carbocycles. The standard InChI is InChI=1S/C17H11F2N5O/c18-14-3-1-11(5-15(14)19)9-24(13-7-20-10-21-8-13)12-2-4-16-17(6-12)23-25-22-16/h1-8,10H,9H2. The van der Waals surface area contributed by atoms with Crippen molar-refractivity contribution in [1.82, 2.24) is 20.3 Å². The number of halogens is 2. The molecule has 0 fully saturated rings. The summed E-state index contributed by atoms with van der Waals surface area (Å²) in [6.45, 7) is 0.293. The summed E-state index contributed by atoms with van der Waals surface area (Å²) in [6, 6.07) is 9.20. The quantitative estimate of drug-likeness (QED) is 0.565. The zero-order valence-electron chi connectivity index (χ0n) is 12.8. The fourth-order valence-corrected chi connectivity index (χ4v) is 2.52. The lowest BCUT2D eigenvalue weighted by Crippen LogP contribution is -2.17. The Morgan fingerprint density at radius 3 is 2.44 bits per heavy atom. The average molecular weight is 339 g/mol. The highest BCUT2D eigenvalue weighted by molar-refractivity contribution is 5.79. The predicted octanol–water partition coefficient (Wildman–Crippen LogP) is 3.63. The molecule has 4 aromatic rings. The van der Waals surface area contributed by atoms with Crippen LogP contribution in [0.25, 0.3) is 11.0 Å². The fourth-order valence-electron chi connectivity index (χ4n) is 2.52. The summed E-state index contributed by atoms with van der Waals surface area (Å²) in [5.74, 6) is -1.77. The molecule has 0 saturated carbocycles. The molecule has 124 valence electrons. The summed E-state index contributed by atoms with van der Waals surface area (Å²) < 4.78 is 31.5. The molecule has 0 radical (unpaired) electrons. The zero-order chi connectivity index (χ0) is 17.2. The minimum absolute atomic E-state index is 0.293. The SMILES string of the molecule is Fc1ccc(CN(c2cncnc2)c2ccc3nonc3c2)cc1F. The van der Waals surface area contributed by atoms with Crippen molar-refractivity contribution in [2.24, 2.45) is 0 Å². The van der Waals surface area contributed by atoms with E-state index in [-0.39, 0.29) is 0 Å². The number of fused-ring (bicyclic) bond motifs is 1. The van der Waals surface area contributed by atoms with Gasteiger partial charge in [0.1, 0.15) is 17.4 Å². The van der Waals surface area contributed by atoms with Gasteiger partial charge in [-0.25, -0.2) is 23.4 Å². The molecular weight excluding hydrogens is 328 g/mol. The number of nitrogens with zero attached hydrogens (tertiary/aromatic N) is 5. The second kappa shape index (κ2) is 6.23. The zero-order valence-corrected chi connectivity index (χ0v) is 12.8. The number of hydrogen-bond donors (Lipinski definition) is 0. The molecule has 0 bridgehead atoms. The van der Waals surface area contributed by atoms with Gasteiger partial charge in [0.2, 0.25) is 0 Å².